The van der Waals surface area contributed by atoms with Crippen molar-refractivity contribution in [2.75, 3.05) is 26.7 Å². The number of carboxylic acids is 1. The van der Waals surface area contributed by atoms with Crippen LogP contribution in [-0.2, 0) is 22.7 Å². The van der Waals surface area contributed by atoms with E-state index in [0.717, 1.165) is 59.5 Å². The summed E-state index contributed by atoms with van der Waals surface area (Å²) in [7, 11) is 1.69. The van der Waals surface area contributed by atoms with E-state index in [1.54, 1.807) is 27.9 Å². The molecular weight excluding hydrogens is 430 g/mol. The molecule has 2 aromatic rings. The molecule has 6 heteroatoms. The summed E-state index contributed by atoms with van der Waals surface area (Å²) < 4.78 is 11.5. The van der Waals surface area contributed by atoms with Crippen LogP contribution >= 0.6 is 0 Å². The summed E-state index contributed by atoms with van der Waals surface area (Å²) in [5.74, 6) is 0.0354. The van der Waals surface area contributed by atoms with Gasteiger partial charge in [-0.05, 0) is 80.1 Å². The Morgan fingerprint density at radius 1 is 1.09 bits per heavy atom. The molecule has 1 N–H and O–H groups in total. The zero-order valence-corrected chi connectivity index (χ0v) is 20.4. The maximum atomic E-state index is 12.2. The van der Waals surface area contributed by atoms with Crippen LogP contribution in [0, 0.1) is 5.41 Å². The molecule has 0 aromatic heterocycles. The molecule has 0 amide bonds. The maximum absolute atomic E-state index is 12.2. The molecule has 2 aliphatic rings. The van der Waals surface area contributed by atoms with Crippen LogP contribution in [0.1, 0.15) is 66.2 Å². The molecule has 0 bridgehead atoms. The molecule has 180 valence electrons. The van der Waals surface area contributed by atoms with Gasteiger partial charge in [-0.1, -0.05) is 17.7 Å². The normalized spacial score (nSPS) is 16.4. The minimum Gasteiger partial charge on any atom is -0.488 e. The Morgan fingerprint density at radius 2 is 1.82 bits per heavy atom. The Morgan fingerprint density at radius 3 is 2.47 bits per heavy atom. The Labute approximate surface area is 201 Å². The van der Waals surface area contributed by atoms with Gasteiger partial charge in [0, 0.05) is 37.9 Å². The third kappa shape index (κ3) is 4.93. The summed E-state index contributed by atoms with van der Waals surface area (Å²) in [5, 5.41) is 9.52. The van der Waals surface area contributed by atoms with Crippen LogP contribution in [0.15, 0.2) is 42.0 Å². The molecule has 0 spiro atoms. The van der Waals surface area contributed by atoms with Crippen LogP contribution in [-0.4, -0.2) is 48.5 Å². The van der Waals surface area contributed by atoms with Gasteiger partial charge in [0.15, 0.2) is 5.78 Å². The van der Waals surface area contributed by atoms with Gasteiger partial charge < -0.3 is 19.5 Å². The van der Waals surface area contributed by atoms with E-state index >= 15 is 0 Å². The number of likely N-dealkylation sites (tertiary alicyclic amines) is 1. The maximum Gasteiger partial charge on any atom is 0.310 e. The highest BCUT2D eigenvalue weighted by Gasteiger charge is 2.32. The first-order chi connectivity index (χ1) is 16.2. The summed E-state index contributed by atoms with van der Waals surface area (Å²) in [4.78, 5) is 26.0. The molecule has 6 nitrogen and oxygen atoms in total. The van der Waals surface area contributed by atoms with Crippen LogP contribution in [0.2, 0.25) is 0 Å². The first-order valence-electron chi connectivity index (χ1n) is 11.8. The lowest BCUT2D eigenvalue weighted by Crippen LogP contribution is -2.42. The number of piperidine rings is 1. The third-order valence-electron chi connectivity index (χ3n) is 6.80. The van der Waals surface area contributed by atoms with Gasteiger partial charge in [0.1, 0.15) is 12.4 Å². The lowest BCUT2D eigenvalue weighted by Gasteiger charge is -2.34. The largest absolute Gasteiger partial charge is 0.488 e. The summed E-state index contributed by atoms with van der Waals surface area (Å²) in [6, 6.07) is 12.1. The number of fused-ring (bicyclic) bond motifs is 2. The molecule has 0 unspecified atom stereocenters. The number of carboxylic acid groups (broad SMARTS) is 1. The molecule has 1 saturated heterocycles. The van der Waals surface area contributed by atoms with Gasteiger partial charge in [0.05, 0.1) is 12.0 Å². The second-order valence-corrected chi connectivity index (χ2v) is 9.92. The van der Waals surface area contributed by atoms with Crippen molar-refractivity contribution in [2.24, 2.45) is 5.41 Å². The molecule has 0 saturated carbocycles. The SMILES string of the molecule is COCc1ccc2c(c1)COc1ccc(C(C)=O)cc1C2=C1CCN(CC(C)(C)C(=O)O)CC1. The van der Waals surface area contributed by atoms with Gasteiger partial charge in [-0.2, -0.15) is 0 Å². The number of carbonyl (C=O) groups excluding carboxylic acids is 1. The zero-order valence-electron chi connectivity index (χ0n) is 20.4. The van der Waals surface area contributed by atoms with Crippen molar-refractivity contribution < 1.29 is 24.2 Å². The monoisotopic (exact) mass is 463 g/mol. The quantitative estimate of drug-likeness (QED) is 0.612. The Kier molecular flexibility index (Phi) is 6.91. The standard InChI is InChI=1S/C28H33NO5/c1-18(30)21-6-8-25-24(14-21)26(23-7-5-19(15-33-4)13-22(23)16-34-25)20-9-11-29(12-10-20)17-28(2,3)27(31)32/h5-8,13-14H,9-12,15-17H2,1-4H3,(H,31,32). The highest BCUT2D eigenvalue weighted by Crippen LogP contribution is 2.42. The first kappa shape index (κ1) is 24.2. The fraction of sp³-hybridized carbons (Fsp3) is 0.429. The number of rotatable bonds is 6. The smallest absolute Gasteiger partial charge is 0.310 e. The fourth-order valence-corrected chi connectivity index (χ4v) is 4.88. The molecule has 0 aliphatic carbocycles. The molecule has 4 rings (SSSR count). The topological polar surface area (TPSA) is 76.1 Å². The molecule has 2 aliphatic heterocycles. The summed E-state index contributed by atoms with van der Waals surface area (Å²) in [6.45, 7) is 8.25. The van der Waals surface area contributed by atoms with Gasteiger partial charge in [-0.3, -0.25) is 9.59 Å². The van der Waals surface area contributed by atoms with E-state index in [1.807, 2.05) is 18.2 Å². The van der Waals surface area contributed by atoms with Crippen molar-refractivity contribution >= 4 is 17.3 Å². The predicted octanol–water partition coefficient (Wildman–Crippen LogP) is 4.94. The number of hydrogen-bond acceptors (Lipinski definition) is 5. The van der Waals surface area contributed by atoms with E-state index in [0.29, 0.717) is 25.3 Å². The highest BCUT2D eigenvalue weighted by molar-refractivity contribution is 5.97. The van der Waals surface area contributed by atoms with Gasteiger partial charge in [-0.15, -0.1) is 0 Å². The molecule has 0 atom stereocenters. The molecule has 2 aromatic carbocycles. The number of ketones is 1. The van der Waals surface area contributed by atoms with Gasteiger partial charge in [-0.25, -0.2) is 0 Å². The molecule has 2 heterocycles. The predicted molar refractivity (Wildman–Crippen MR) is 131 cm³/mol. The van der Waals surface area contributed by atoms with E-state index in [-0.39, 0.29) is 5.78 Å². The average molecular weight is 464 g/mol. The Hall–Kier alpha value is -2.96. The van der Waals surface area contributed by atoms with Crippen molar-refractivity contribution in [3.63, 3.8) is 0 Å². The van der Waals surface area contributed by atoms with E-state index in [9.17, 15) is 14.7 Å². The van der Waals surface area contributed by atoms with Crippen LogP contribution in [0.5, 0.6) is 5.75 Å². The number of Topliss-reactive ketones (excluding diaryl/α,β-unsaturated/α-hetero) is 1. The number of ether oxygens (including phenoxy) is 2. The van der Waals surface area contributed by atoms with Crippen molar-refractivity contribution in [1.82, 2.24) is 4.90 Å². The third-order valence-corrected chi connectivity index (χ3v) is 6.80. The lowest BCUT2D eigenvalue weighted by molar-refractivity contribution is -0.148. The summed E-state index contributed by atoms with van der Waals surface area (Å²) >= 11 is 0. The number of aliphatic carboxylic acids is 1. The summed E-state index contributed by atoms with van der Waals surface area (Å²) in [6.07, 6.45) is 1.68. The van der Waals surface area contributed by atoms with Crippen LogP contribution < -0.4 is 4.74 Å². The second kappa shape index (κ2) is 9.72. The number of hydrogen-bond donors (Lipinski definition) is 1. The molecule has 34 heavy (non-hydrogen) atoms. The highest BCUT2D eigenvalue weighted by atomic mass is 16.5. The van der Waals surface area contributed by atoms with Crippen molar-refractivity contribution in [1.29, 1.82) is 0 Å². The zero-order chi connectivity index (χ0) is 24.5. The van der Waals surface area contributed by atoms with E-state index in [2.05, 4.69) is 23.1 Å². The fourth-order valence-electron chi connectivity index (χ4n) is 4.88. The Bertz CT molecular complexity index is 1140. The van der Waals surface area contributed by atoms with E-state index in [4.69, 9.17) is 9.47 Å². The number of nitrogens with zero attached hydrogens (tertiary/aromatic N) is 1. The van der Waals surface area contributed by atoms with Crippen LogP contribution in [0.3, 0.4) is 0 Å². The number of methoxy groups -OCH3 is 1. The van der Waals surface area contributed by atoms with Gasteiger partial charge >= 0.3 is 5.97 Å². The second-order valence-electron chi connectivity index (χ2n) is 9.92. The van der Waals surface area contributed by atoms with Gasteiger partial charge in [0.25, 0.3) is 0 Å². The summed E-state index contributed by atoms with van der Waals surface area (Å²) in [5.41, 5.74) is 6.63. The van der Waals surface area contributed by atoms with Crippen LogP contribution in [0.4, 0.5) is 0 Å². The van der Waals surface area contributed by atoms with E-state index in [1.165, 1.54) is 5.57 Å². The minimum atomic E-state index is -0.784. The average Bonchev–Trinajstić information content (AvgIpc) is 2.95. The first-order valence-corrected chi connectivity index (χ1v) is 11.8. The molecular formula is C28H33NO5. The van der Waals surface area contributed by atoms with Crippen molar-refractivity contribution in [3.05, 3.63) is 69.8 Å². The van der Waals surface area contributed by atoms with Crippen LogP contribution in [0.25, 0.3) is 5.57 Å². The minimum absolute atomic E-state index is 0.0257. The van der Waals surface area contributed by atoms with Crippen molar-refractivity contribution in [3.8, 4) is 5.75 Å². The van der Waals surface area contributed by atoms with Crippen molar-refractivity contribution in [2.45, 2.75) is 46.8 Å². The van der Waals surface area contributed by atoms with Gasteiger partial charge in [0.2, 0.25) is 0 Å². The molecule has 0 radical (unpaired) electrons. The van der Waals surface area contributed by atoms with E-state index < -0.39 is 11.4 Å². The Balaban J connectivity index is 1.76. The lowest BCUT2D eigenvalue weighted by atomic mass is 9.84. The number of carbonyl (C=O) groups is 2. The number of benzene rings is 2. The molecule has 1 fully saturated rings.